The van der Waals surface area contributed by atoms with Gasteiger partial charge in [-0.05, 0) is 26.0 Å². The first-order valence-corrected chi connectivity index (χ1v) is 7.96. The number of H-pyrrole nitrogens is 1. The molecule has 0 bridgehead atoms. The third kappa shape index (κ3) is 2.87. The second kappa shape index (κ2) is 5.79. The Balaban J connectivity index is 1.56. The minimum absolute atomic E-state index is 0.231. The zero-order valence-electron chi connectivity index (χ0n) is 13.3. The van der Waals surface area contributed by atoms with E-state index in [1.807, 2.05) is 30.5 Å². The quantitative estimate of drug-likeness (QED) is 0.805. The Morgan fingerprint density at radius 2 is 2.04 bits per heavy atom. The molecule has 0 radical (unpaired) electrons. The summed E-state index contributed by atoms with van der Waals surface area (Å²) >= 11 is 0. The highest BCUT2D eigenvalue weighted by atomic mass is 16.5. The van der Waals surface area contributed by atoms with Crippen molar-refractivity contribution in [1.29, 1.82) is 0 Å². The Kier molecular flexibility index (Phi) is 3.63. The van der Waals surface area contributed by atoms with Crippen molar-refractivity contribution in [3.05, 3.63) is 36.4 Å². The molecule has 3 aromatic rings. The lowest BCUT2D eigenvalue weighted by Crippen LogP contribution is -2.44. The van der Waals surface area contributed by atoms with Gasteiger partial charge in [0, 0.05) is 35.8 Å². The molecule has 1 N–H and O–H groups in total. The van der Waals surface area contributed by atoms with Gasteiger partial charge in [0.25, 0.3) is 0 Å². The Bertz CT molecular complexity index is 800. The Morgan fingerprint density at radius 1 is 1.22 bits per heavy atom. The Hall–Kier alpha value is -2.18. The first-order valence-electron chi connectivity index (χ1n) is 7.96. The van der Waals surface area contributed by atoms with Crippen LogP contribution in [0.5, 0.6) is 0 Å². The van der Waals surface area contributed by atoms with E-state index in [9.17, 15) is 0 Å². The number of rotatable bonds is 3. The average molecular weight is 312 g/mol. The third-order valence-corrected chi connectivity index (χ3v) is 4.16. The molecule has 1 aromatic carbocycles. The molecule has 1 aliphatic heterocycles. The van der Waals surface area contributed by atoms with Gasteiger partial charge in [0.05, 0.1) is 18.8 Å². The van der Waals surface area contributed by atoms with Crippen LogP contribution >= 0.6 is 0 Å². The van der Waals surface area contributed by atoms with Crippen LogP contribution in [0.4, 0.5) is 0 Å². The van der Waals surface area contributed by atoms with Crippen LogP contribution in [0.3, 0.4) is 0 Å². The lowest BCUT2D eigenvalue weighted by Gasteiger charge is -2.34. The summed E-state index contributed by atoms with van der Waals surface area (Å²) in [7, 11) is 0. The molecule has 6 nitrogen and oxygen atoms in total. The smallest absolute Gasteiger partial charge is 0.241 e. The van der Waals surface area contributed by atoms with Crippen LogP contribution in [0.15, 0.2) is 35.0 Å². The van der Waals surface area contributed by atoms with Crippen LogP contribution in [0.1, 0.15) is 19.7 Å². The van der Waals surface area contributed by atoms with E-state index >= 15 is 0 Å². The fourth-order valence-electron chi connectivity index (χ4n) is 3.31. The molecular weight excluding hydrogens is 292 g/mol. The fourth-order valence-corrected chi connectivity index (χ4v) is 3.31. The third-order valence-electron chi connectivity index (χ3n) is 4.16. The standard InChI is InChI=1S/C17H20N4O2/c1-11-8-21(9-12(2)22-11)10-16-19-17(20-23-16)14-4-3-5-15-13(14)6-7-18-15/h3-7,11-12,18H,8-10H2,1-2H3/t11-,12+. The molecule has 1 aliphatic rings. The molecule has 0 amide bonds. The first kappa shape index (κ1) is 14.4. The maximum Gasteiger partial charge on any atom is 0.241 e. The zero-order chi connectivity index (χ0) is 15.8. The van der Waals surface area contributed by atoms with Crippen LogP contribution in [-0.2, 0) is 11.3 Å². The molecule has 2 aromatic heterocycles. The molecule has 4 rings (SSSR count). The normalized spacial score (nSPS) is 22.7. The van der Waals surface area contributed by atoms with E-state index < -0.39 is 0 Å². The lowest BCUT2D eigenvalue weighted by molar-refractivity contribution is -0.0725. The van der Waals surface area contributed by atoms with Gasteiger partial charge in [-0.1, -0.05) is 17.3 Å². The molecule has 6 heteroatoms. The summed E-state index contributed by atoms with van der Waals surface area (Å²) in [5.74, 6) is 1.29. The molecular formula is C17H20N4O2. The molecule has 2 atom stereocenters. The molecule has 0 spiro atoms. The van der Waals surface area contributed by atoms with E-state index in [2.05, 4.69) is 33.9 Å². The van der Waals surface area contributed by atoms with Gasteiger partial charge in [-0.15, -0.1) is 0 Å². The average Bonchev–Trinajstić information content (AvgIpc) is 3.14. The van der Waals surface area contributed by atoms with Gasteiger partial charge in [0.1, 0.15) is 0 Å². The summed E-state index contributed by atoms with van der Waals surface area (Å²) in [6.45, 7) is 6.61. The number of ether oxygens (including phenoxy) is 1. The molecule has 3 heterocycles. The van der Waals surface area contributed by atoms with E-state index in [0.717, 1.165) is 29.6 Å². The SMILES string of the molecule is C[C@@H]1CN(Cc2nc(-c3cccc4[nH]ccc34)no2)C[C@H](C)O1. The van der Waals surface area contributed by atoms with Gasteiger partial charge in [-0.2, -0.15) is 4.98 Å². The summed E-state index contributed by atoms with van der Waals surface area (Å²) < 4.78 is 11.2. The van der Waals surface area contributed by atoms with E-state index in [-0.39, 0.29) is 12.2 Å². The van der Waals surface area contributed by atoms with Crippen molar-refractivity contribution in [2.75, 3.05) is 13.1 Å². The number of aromatic amines is 1. The highest BCUT2D eigenvalue weighted by Gasteiger charge is 2.24. The van der Waals surface area contributed by atoms with Crippen molar-refractivity contribution in [1.82, 2.24) is 20.0 Å². The number of aromatic nitrogens is 3. The maximum atomic E-state index is 5.76. The number of fused-ring (bicyclic) bond motifs is 1. The van der Waals surface area contributed by atoms with E-state index in [1.165, 1.54) is 0 Å². The van der Waals surface area contributed by atoms with Crippen molar-refractivity contribution in [3.63, 3.8) is 0 Å². The van der Waals surface area contributed by atoms with Crippen molar-refractivity contribution in [2.45, 2.75) is 32.6 Å². The second-order valence-corrected chi connectivity index (χ2v) is 6.21. The summed E-state index contributed by atoms with van der Waals surface area (Å²) in [6, 6.07) is 8.08. The largest absolute Gasteiger partial charge is 0.373 e. The van der Waals surface area contributed by atoms with Crippen molar-refractivity contribution in [2.24, 2.45) is 0 Å². The van der Waals surface area contributed by atoms with Gasteiger partial charge < -0.3 is 14.2 Å². The Morgan fingerprint density at radius 3 is 2.87 bits per heavy atom. The van der Waals surface area contributed by atoms with E-state index in [0.29, 0.717) is 18.3 Å². The summed E-state index contributed by atoms with van der Waals surface area (Å²) in [5.41, 5.74) is 2.06. The summed E-state index contributed by atoms with van der Waals surface area (Å²) in [4.78, 5) is 10.1. The topological polar surface area (TPSA) is 67.2 Å². The monoisotopic (exact) mass is 312 g/mol. The van der Waals surface area contributed by atoms with Crippen molar-refractivity contribution in [3.8, 4) is 11.4 Å². The minimum Gasteiger partial charge on any atom is -0.373 e. The summed E-state index contributed by atoms with van der Waals surface area (Å²) in [5, 5.41) is 5.27. The second-order valence-electron chi connectivity index (χ2n) is 6.21. The van der Waals surface area contributed by atoms with Crippen LogP contribution in [0.25, 0.3) is 22.3 Å². The van der Waals surface area contributed by atoms with Crippen LogP contribution < -0.4 is 0 Å². The van der Waals surface area contributed by atoms with Gasteiger partial charge >= 0.3 is 0 Å². The number of hydrogen-bond acceptors (Lipinski definition) is 5. The predicted molar refractivity (Wildman–Crippen MR) is 86.9 cm³/mol. The maximum absolute atomic E-state index is 5.76. The fraction of sp³-hybridized carbons (Fsp3) is 0.412. The van der Waals surface area contributed by atoms with Crippen LogP contribution in [-0.4, -0.2) is 45.3 Å². The van der Waals surface area contributed by atoms with Crippen LogP contribution in [0, 0.1) is 0 Å². The van der Waals surface area contributed by atoms with Gasteiger partial charge in [-0.3, -0.25) is 4.90 Å². The number of benzene rings is 1. The number of hydrogen-bond donors (Lipinski definition) is 1. The van der Waals surface area contributed by atoms with Gasteiger partial charge in [-0.25, -0.2) is 0 Å². The van der Waals surface area contributed by atoms with Crippen molar-refractivity contribution < 1.29 is 9.26 Å². The predicted octanol–water partition coefficient (Wildman–Crippen LogP) is 2.83. The highest BCUT2D eigenvalue weighted by molar-refractivity contribution is 5.93. The molecule has 1 fully saturated rings. The molecule has 120 valence electrons. The zero-order valence-corrected chi connectivity index (χ0v) is 13.3. The molecule has 1 saturated heterocycles. The molecule has 23 heavy (non-hydrogen) atoms. The highest BCUT2D eigenvalue weighted by Crippen LogP contribution is 2.26. The van der Waals surface area contributed by atoms with E-state index in [4.69, 9.17) is 9.26 Å². The number of nitrogens with zero attached hydrogens (tertiary/aromatic N) is 3. The van der Waals surface area contributed by atoms with Crippen molar-refractivity contribution >= 4 is 10.9 Å². The molecule has 0 aliphatic carbocycles. The van der Waals surface area contributed by atoms with E-state index in [1.54, 1.807) is 0 Å². The molecule has 0 unspecified atom stereocenters. The minimum atomic E-state index is 0.231. The number of morpholine rings is 1. The number of nitrogens with one attached hydrogen (secondary N) is 1. The lowest BCUT2D eigenvalue weighted by atomic mass is 10.1. The van der Waals surface area contributed by atoms with Crippen LogP contribution in [0.2, 0.25) is 0 Å². The molecule has 0 saturated carbocycles. The summed E-state index contributed by atoms with van der Waals surface area (Å²) in [6.07, 6.45) is 2.38. The van der Waals surface area contributed by atoms with Gasteiger partial charge in [0.2, 0.25) is 11.7 Å². The van der Waals surface area contributed by atoms with Gasteiger partial charge in [0.15, 0.2) is 0 Å². The first-order chi connectivity index (χ1) is 11.2. The Labute approximate surface area is 134 Å².